The number of carbonyl (C=O) groups is 1. The maximum atomic E-state index is 13.1. The molecule has 156 valence electrons. The van der Waals surface area contributed by atoms with Crippen molar-refractivity contribution in [1.82, 2.24) is 0 Å². The number of benzene rings is 2. The van der Waals surface area contributed by atoms with E-state index in [2.05, 4.69) is 0 Å². The first-order valence-electron chi connectivity index (χ1n) is 8.00. The van der Waals surface area contributed by atoms with Crippen LogP contribution < -0.4 is 9.62 Å². The average molecular weight is 431 g/mol. The minimum atomic E-state index is -4.73. The van der Waals surface area contributed by atoms with E-state index in [1.54, 1.807) is 0 Å². The number of rotatable bonds is 6. The molecule has 0 aliphatic rings. The normalized spacial score (nSPS) is 11.8. The van der Waals surface area contributed by atoms with Gasteiger partial charge in [0, 0.05) is 6.07 Å². The highest BCUT2D eigenvalue weighted by Gasteiger charge is 2.34. The number of amides is 1. The molecule has 0 spiro atoms. The van der Waals surface area contributed by atoms with Crippen molar-refractivity contribution in [3.8, 4) is 0 Å². The molecule has 1 N–H and O–H groups in total. The monoisotopic (exact) mass is 431 g/mol. The standard InChI is InChI=1S/C17H16F3N3O5S/c1-11-14(8-5-9-15(11)23(25)26)22(29(2,27)28)10-16(24)21-13-7-4-3-6-12(13)17(18,19)20/h3-9H,10H2,1-2H3,(H,21,24). The van der Waals surface area contributed by atoms with Gasteiger partial charge in [0.25, 0.3) is 5.69 Å². The van der Waals surface area contributed by atoms with Crippen LogP contribution >= 0.6 is 0 Å². The van der Waals surface area contributed by atoms with Crippen molar-refractivity contribution in [2.45, 2.75) is 13.1 Å². The summed E-state index contributed by atoms with van der Waals surface area (Å²) in [5, 5.41) is 13.1. The second kappa shape index (κ2) is 8.07. The molecule has 0 saturated heterocycles. The summed E-state index contributed by atoms with van der Waals surface area (Å²) < 4.78 is 64.2. The topological polar surface area (TPSA) is 110 Å². The van der Waals surface area contributed by atoms with E-state index in [9.17, 15) is 36.5 Å². The Morgan fingerprint density at radius 2 is 1.79 bits per heavy atom. The van der Waals surface area contributed by atoms with Crippen LogP contribution in [0.1, 0.15) is 11.1 Å². The van der Waals surface area contributed by atoms with Gasteiger partial charge in [-0.3, -0.25) is 19.2 Å². The predicted octanol–water partition coefficient (Wildman–Crippen LogP) is 3.33. The Kier molecular flexibility index (Phi) is 6.16. The van der Waals surface area contributed by atoms with E-state index in [0.717, 1.165) is 24.5 Å². The Hall–Kier alpha value is -3.15. The van der Waals surface area contributed by atoms with Gasteiger partial charge >= 0.3 is 6.18 Å². The molecule has 0 radical (unpaired) electrons. The highest BCUT2D eigenvalue weighted by Crippen LogP contribution is 2.35. The van der Waals surface area contributed by atoms with Crippen molar-refractivity contribution in [2.75, 3.05) is 22.4 Å². The number of nitro groups is 1. The summed E-state index contributed by atoms with van der Waals surface area (Å²) in [7, 11) is -4.08. The number of hydrogen-bond acceptors (Lipinski definition) is 5. The molecule has 12 heteroatoms. The molecule has 0 aliphatic carbocycles. The van der Waals surface area contributed by atoms with E-state index >= 15 is 0 Å². The van der Waals surface area contributed by atoms with Crippen LogP contribution in [0.15, 0.2) is 42.5 Å². The lowest BCUT2D eigenvalue weighted by Crippen LogP contribution is -2.38. The van der Waals surface area contributed by atoms with Crippen LogP contribution in [0.4, 0.5) is 30.2 Å². The fraction of sp³-hybridized carbons (Fsp3) is 0.235. The van der Waals surface area contributed by atoms with Crippen molar-refractivity contribution in [3.63, 3.8) is 0 Å². The van der Waals surface area contributed by atoms with Gasteiger partial charge < -0.3 is 5.32 Å². The summed E-state index contributed by atoms with van der Waals surface area (Å²) in [4.78, 5) is 22.7. The quantitative estimate of drug-likeness (QED) is 0.557. The number of nitrogens with one attached hydrogen (secondary N) is 1. The first-order valence-corrected chi connectivity index (χ1v) is 9.85. The third-order valence-corrected chi connectivity index (χ3v) is 5.06. The van der Waals surface area contributed by atoms with E-state index in [0.29, 0.717) is 4.31 Å². The largest absolute Gasteiger partial charge is 0.418 e. The number of para-hydroxylation sites is 1. The molecule has 2 aromatic carbocycles. The number of carbonyl (C=O) groups excluding carboxylic acids is 1. The SMILES string of the molecule is Cc1c(N(CC(=O)Nc2ccccc2C(F)(F)F)S(C)(=O)=O)cccc1[N+](=O)[O-]. The summed E-state index contributed by atoms with van der Waals surface area (Å²) in [5.41, 5.74) is -2.12. The van der Waals surface area contributed by atoms with E-state index < -0.39 is 44.8 Å². The highest BCUT2D eigenvalue weighted by atomic mass is 32.2. The summed E-state index contributed by atoms with van der Waals surface area (Å²) in [6.45, 7) is 0.440. The van der Waals surface area contributed by atoms with E-state index in [4.69, 9.17) is 0 Å². The second-order valence-electron chi connectivity index (χ2n) is 6.04. The van der Waals surface area contributed by atoms with Crippen molar-refractivity contribution in [2.24, 2.45) is 0 Å². The zero-order chi connectivity index (χ0) is 22.0. The summed E-state index contributed by atoms with van der Waals surface area (Å²) in [6, 6.07) is 7.91. The van der Waals surface area contributed by atoms with E-state index in [1.807, 2.05) is 5.32 Å². The lowest BCUT2D eigenvalue weighted by molar-refractivity contribution is -0.385. The molecule has 0 saturated carbocycles. The maximum absolute atomic E-state index is 13.1. The minimum absolute atomic E-state index is 0.00795. The third kappa shape index (κ3) is 5.22. The number of alkyl halides is 3. The first-order chi connectivity index (χ1) is 13.3. The Balaban J connectivity index is 2.38. The van der Waals surface area contributed by atoms with Crippen molar-refractivity contribution in [3.05, 3.63) is 63.7 Å². The van der Waals surface area contributed by atoms with Crippen LogP contribution in [0, 0.1) is 17.0 Å². The van der Waals surface area contributed by atoms with Gasteiger partial charge in [-0.15, -0.1) is 0 Å². The molecular weight excluding hydrogens is 415 g/mol. The molecule has 8 nitrogen and oxygen atoms in total. The fourth-order valence-electron chi connectivity index (χ4n) is 2.62. The average Bonchev–Trinajstić information content (AvgIpc) is 2.58. The Morgan fingerprint density at radius 1 is 1.17 bits per heavy atom. The first kappa shape index (κ1) is 22.1. The third-order valence-electron chi connectivity index (χ3n) is 3.94. The van der Waals surface area contributed by atoms with Gasteiger partial charge in [0.1, 0.15) is 6.54 Å². The summed E-state index contributed by atoms with van der Waals surface area (Å²) in [5.74, 6) is -1.04. The molecule has 0 atom stereocenters. The van der Waals surface area contributed by atoms with Crippen LogP contribution in [-0.2, 0) is 21.0 Å². The molecule has 2 aromatic rings. The van der Waals surface area contributed by atoms with Crippen LogP contribution in [0.25, 0.3) is 0 Å². The molecular formula is C17H16F3N3O5S. The van der Waals surface area contributed by atoms with Gasteiger partial charge in [-0.05, 0) is 25.1 Å². The highest BCUT2D eigenvalue weighted by molar-refractivity contribution is 7.92. The zero-order valence-corrected chi connectivity index (χ0v) is 16.0. The fourth-order valence-corrected chi connectivity index (χ4v) is 3.53. The lowest BCUT2D eigenvalue weighted by atomic mass is 10.1. The molecule has 0 fully saturated rings. The Labute approximate surface area is 164 Å². The van der Waals surface area contributed by atoms with Crippen LogP contribution in [0.2, 0.25) is 0 Å². The Morgan fingerprint density at radius 3 is 2.34 bits per heavy atom. The Bertz CT molecular complexity index is 1050. The van der Waals surface area contributed by atoms with Gasteiger partial charge in [0.15, 0.2) is 0 Å². The second-order valence-corrected chi connectivity index (χ2v) is 7.95. The molecule has 2 rings (SSSR count). The molecule has 0 bridgehead atoms. The zero-order valence-electron chi connectivity index (χ0n) is 15.2. The lowest BCUT2D eigenvalue weighted by Gasteiger charge is -2.23. The van der Waals surface area contributed by atoms with E-state index in [1.165, 1.54) is 31.2 Å². The smallest absolute Gasteiger partial charge is 0.324 e. The van der Waals surface area contributed by atoms with Gasteiger partial charge in [0.2, 0.25) is 15.9 Å². The number of sulfonamides is 1. The summed E-state index contributed by atoms with van der Waals surface area (Å²) >= 11 is 0. The van der Waals surface area contributed by atoms with Gasteiger partial charge in [-0.1, -0.05) is 18.2 Å². The predicted molar refractivity (Wildman–Crippen MR) is 100 cm³/mol. The number of nitro benzene ring substituents is 1. The number of nitrogens with zero attached hydrogens (tertiary/aromatic N) is 2. The number of anilines is 2. The molecule has 0 unspecified atom stereocenters. The number of hydrogen-bond donors (Lipinski definition) is 1. The molecule has 29 heavy (non-hydrogen) atoms. The van der Waals surface area contributed by atoms with Crippen LogP contribution in [-0.4, -0.2) is 32.0 Å². The number of halogens is 3. The molecule has 1 amide bonds. The van der Waals surface area contributed by atoms with Crippen molar-refractivity contribution >= 4 is 33.0 Å². The molecule has 0 heterocycles. The molecule has 0 aromatic heterocycles. The van der Waals surface area contributed by atoms with Crippen LogP contribution in [0.5, 0.6) is 0 Å². The summed E-state index contributed by atoms with van der Waals surface area (Å²) in [6.07, 6.45) is -3.95. The van der Waals surface area contributed by atoms with Crippen molar-refractivity contribution < 1.29 is 31.3 Å². The van der Waals surface area contributed by atoms with Gasteiger partial charge in [-0.25, -0.2) is 8.42 Å². The van der Waals surface area contributed by atoms with E-state index in [-0.39, 0.29) is 16.9 Å². The van der Waals surface area contributed by atoms with Crippen LogP contribution in [0.3, 0.4) is 0 Å². The maximum Gasteiger partial charge on any atom is 0.418 e. The molecule has 0 aliphatic heterocycles. The van der Waals surface area contributed by atoms with Crippen molar-refractivity contribution in [1.29, 1.82) is 0 Å². The minimum Gasteiger partial charge on any atom is -0.324 e. The van der Waals surface area contributed by atoms with Gasteiger partial charge in [0.05, 0.1) is 33.7 Å². The van der Waals surface area contributed by atoms with Gasteiger partial charge in [-0.2, -0.15) is 13.2 Å².